The molecule has 0 aliphatic rings. The monoisotopic (exact) mass is 144 g/mol. The fourth-order valence-corrected chi connectivity index (χ4v) is 0.335. The van der Waals surface area contributed by atoms with Crippen molar-refractivity contribution in [3.05, 3.63) is 0 Å². The van der Waals surface area contributed by atoms with Crippen LogP contribution in [0.2, 0.25) is 0 Å². The number of aliphatic hydroxyl groups excluding tert-OH is 1. The molecule has 0 amide bonds. The summed E-state index contributed by atoms with van der Waals surface area (Å²) in [6.07, 6.45) is -7.63. The molecule has 9 heavy (non-hydrogen) atoms. The molecule has 0 fully saturated rings. The molecule has 0 heterocycles. The molecule has 0 saturated heterocycles. The second-order valence-corrected chi connectivity index (χ2v) is 1.41. The highest BCUT2D eigenvalue weighted by Gasteiger charge is 2.27. The van der Waals surface area contributed by atoms with E-state index < -0.39 is 18.9 Å². The summed E-state index contributed by atoms with van der Waals surface area (Å²) in [5.41, 5.74) is 0. The maximum atomic E-state index is 11.6. The highest BCUT2D eigenvalue weighted by atomic mass is 19.3. The molecule has 5 heteroatoms. The Morgan fingerprint density at radius 3 is 1.78 bits per heavy atom. The first-order valence-electron chi connectivity index (χ1n) is 2.22. The van der Waals surface area contributed by atoms with Crippen molar-refractivity contribution in [2.45, 2.75) is 18.9 Å². The van der Waals surface area contributed by atoms with Gasteiger partial charge in [-0.15, -0.1) is 0 Å². The van der Waals surface area contributed by atoms with E-state index in [9.17, 15) is 13.2 Å². The molecule has 0 aromatic heterocycles. The van der Waals surface area contributed by atoms with E-state index in [2.05, 4.69) is 4.74 Å². The molecular weight excluding hydrogens is 137 g/mol. The quantitative estimate of drug-likeness (QED) is 0.626. The van der Waals surface area contributed by atoms with Gasteiger partial charge in [0.25, 0.3) is 6.43 Å². The molecular formula is C4H7F3O2. The lowest BCUT2D eigenvalue weighted by Crippen LogP contribution is -2.31. The second-order valence-electron chi connectivity index (χ2n) is 1.41. The number of hydrogen-bond donors (Lipinski definition) is 1. The third-order valence-electron chi connectivity index (χ3n) is 0.792. The van der Waals surface area contributed by atoms with Crippen molar-refractivity contribution in [3.63, 3.8) is 0 Å². The van der Waals surface area contributed by atoms with Gasteiger partial charge < -0.3 is 9.84 Å². The van der Waals surface area contributed by atoms with Gasteiger partial charge in [-0.05, 0) is 0 Å². The zero-order valence-corrected chi connectivity index (χ0v) is 4.72. The Morgan fingerprint density at radius 2 is 1.78 bits per heavy atom. The molecule has 0 aliphatic heterocycles. The van der Waals surface area contributed by atoms with Crippen molar-refractivity contribution in [3.8, 4) is 0 Å². The van der Waals surface area contributed by atoms with Gasteiger partial charge in [0.2, 0.25) is 6.36 Å². The summed E-state index contributed by atoms with van der Waals surface area (Å²) in [7, 11) is 0.902. The summed E-state index contributed by atoms with van der Waals surface area (Å²) in [5.74, 6) is 0. The van der Waals surface area contributed by atoms with Gasteiger partial charge in [0.1, 0.15) is 0 Å². The average molecular weight is 144 g/mol. The Balaban J connectivity index is 3.68. The number of methoxy groups -OCH3 is 1. The summed E-state index contributed by atoms with van der Waals surface area (Å²) < 4.78 is 38.3. The number of halogens is 3. The van der Waals surface area contributed by atoms with E-state index in [0.29, 0.717) is 0 Å². The van der Waals surface area contributed by atoms with Crippen molar-refractivity contribution in [1.29, 1.82) is 0 Å². The van der Waals surface area contributed by atoms with Crippen LogP contribution in [0.4, 0.5) is 13.2 Å². The summed E-state index contributed by atoms with van der Waals surface area (Å²) >= 11 is 0. The Morgan fingerprint density at radius 1 is 1.33 bits per heavy atom. The van der Waals surface area contributed by atoms with Gasteiger partial charge in [-0.2, -0.15) is 0 Å². The van der Waals surface area contributed by atoms with E-state index in [1.165, 1.54) is 0 Å². The zero-order valence-electron chi connectivity index (χ0n) is 4.72. The minimum Gasteiger partial charge on any atom is -0.370 e. The van der Waals surface area contributed by atoms with Gasteiger partial charge in [-0.25, -0.2) is 13.2 Å². The first-order chi connectivity index (χ1) is 4.09. The average Bonchev–Trinajstić information content (AvgIpc) is 1.64. The minimum atomic E-state index is -2.99. The SMILES string of the molecule is COC(C(O)F)C(F)F. The Labute approximate surface area is 50.2 Å². The van der Waals surface area contributed by atoms with E-state index >= 15 is 0 Å². The van der Waals surface area contributed by atoms with E-state index in [4.69, 9.17) is 5.11 Å². The van der Waals surface area contributed by atoms with Crippen LogP contribution in [0.1, 0.15) is 0 Å². The number of hydrogen-bond acceptors (Lipinski definition) is 2. The molecule has 0 saturated carbocycles. The smallest absolute Gasteiger partial charge is 0.269 e. The summed E-state index contributed by atoms with van der Waals surface area (Å²) in [6, 6.07) is 0. The summed E-state index contributed by atoms with van der Waals surface area (Å²) in [5, 5.41) is 7.91. The largest absolute Gasteiger partial charge is 0.370 e. The van der Waals surface area contributed by atoms with Crippen LogP contribution in [0.15, 0.2) is 0 Å². The van der Waals surface area contributed by atoms with E-state index in [1.807, 2.05) is 0 Å². The van der Waals surface area contributed by atoms with Crippen molar-refractivity contribution in [2.75, 3.05) is 7.11 Å². The lowest BCUT2D eigenvalue weighted by atomic mass is 10.4. The molecule has 0 aromatic rings. The van der Waals surface area contributed by atoms with Crippen molar-refractivity contribution in [1.82, 2.24) is 0 Å². The predicted octanol–water partition coefficient (Wildman–Crippen LogP) is 0.554. The highest BCUT2D eigenvalue weighted by Crippen LogP contribution is 2.09. The number of alkyl halides is 3. The number of rotatable bonds is 3. The van der Waals surface area contributed by atoms with Crippen molar-refractivity contribution >= 4 is 0 Å². The van der Waals surface area contributed by atoms with Crippen LogP contribution in [0.25, 0.3) is 0 Å². The fraction of sp³-hybridized carbons (Fsp3) is 1.00. The molecule has 0 aromatic carbocycles. The Kier molecular flexibility index (Phi) is 3.56. The van der Waals surface area contributed by atoms with Crippen molar-refractivity contribution in [2.24, 2.45) is 0 Å². The second kappa shape index (κ2) is 3.68. The van der Waals surface area contributed by atoms with E-state index in [-0.39, 0.29) is 0 Å². The number of ether oxygens (including phenoxy) is 1. The molecule has 0 spiro atoms. The molecule has 2 unspecified atom stereocenters. The Hall–Kier alpha value is -0.290. The van der Waals surface area contributed by atoms with Gasteiger partial charge in [0.05, 0.1) is 0 Å². The molecule has 0 rings (SSSR count). The van der Waals surface area contributed by atoms with Gasteiger partial charge in [0, 0.05) is 7.11 Å². The van der Waals surface area contributed by atoms with Crippen molar-refractivity contribution < 1.29 is 23.0 Å². The molecule has 2 atom stereocenters. The maximum absolute atomic E-state index is 11.6. The summed E-state index contributed by atoms with van der Waals surface area (Å²) in [6.45, 7) is 0. The minimum absolute atomic E-state index is 0.902. The fourth-order valence-electron chi connectivity index (χ4n) is 0.335. The maximum Gasteiger partial charge on any atom is 0.269 e. The van der Waals surface area contributed by atoms with Crippen LogP contribution in [-0.4, -0.2) is 31.1 Å². The molecule has 1 N–H and O–H groups in total. The van der Waals surface area contributed by atoms with Crippen LogP contribution in [-0.2, 0) is 4.74 Å². The standard InChI is InChI=1S/C4H7F3O2/c1-9-2(3(5)6)4(7)8/h2-4,8H,1H3. The van der Waals surface area contributed by atoms with E-state index in [0.717, 1.165) is 7.11 Å². The van der Waals surface area contributed by atoms with Crippen LogP contribution in [0, 0.1) is 0 Å². The van der Waals surface area contributed by atoms with Crippen LogP contribution < -0.4 is 0 Å². The normalized spacial score (nSPS) is 18.0. The first-order valence-corrected chi connectivity index (χ1v) is 2.22. The molecule has 56 valence electrons. The zero-order chi connectivity index (χ0) is 7.44. The number of aliphatic hydroxyl groups is 1. The van der Waals surface area contributed by atoms with Gasteiger partial charge in [-0.3, -0.25) is 0 Å². The lowest BCUT2D eigenvalue weighted by molar-refractivity contribution is -0.142. The van der Waals surface area contributed by atoms with Gasteiger partial charge >= 0.3 is 0 Å². The lowest BCUT2D eigenvalue weighted by Gasteiger charge is -2.13. The first kappa shape index (κ1) is 8.71. The van der Waals surface area contributed by atoms with Crippen LogP contribution in [0.5, 0.6) is 0 Å². The van der Waals surface area contributed by atoms with Gasteiger partial charge in [-0.1, -0.05) is 0 Å². The van der Waals surface area contributed by atoms with Crippen LogP contribution >= 0.6 is 0 Å². The third-order valence-corrected chi connectivity index (χ3v) is 0.792. The third kappa shape index (κ3) is 2.67. The van der Waals surface area contributed by atoms with E-state index in [1.54, 1.807) is 0 Å². The highest BCUT2D eigenvalue weighted by molar-refractivity contribution is 4.60. The molecule has 0 aliphatic carbocycles. The van der Waals surface area contributed by atoms with Gasteiger partial charge in [0.15, 0.2) is 6.10 Å². The molecule has 0 radical (unpaired) electrons. The molecule has 0 bridgehead atoms. The summed E-state index contributed by atoms with van der Waals surface area (Å²) in [4.78, 5) is 0. The predicted molar refractivity (Wildman–Crippen MR) is 23.9 cm³/mol. The Bertz CT molecular complexity index is 68.2. The topological polar surface area (TPSA) is 29.5 Å². The van der Waals surface area contributed by atoms with Crippen LogP contribution in [0.3, 0.4) is 0 Å². The molecule has 2 nitrogen and oxygen atoms in total.